The molecule has 2 aromatic rings. The molecule has 0 unspecified atom stereocenters. The van der Waals surface area contributed by atoms with E-state index in [0.29, 0.717) is 6.54 Å². The first-order valence-corrected chi connectivity index (χ1v) is 10.0. The topological polar surface area (TPSA) is 105 Å². The summed E-state index contributed by atoms with van der Waals surface area (Å²) in [5.41, 5.74) is 0.923. The number of nitro benzene ring substituents is 1. The van der Waals surface area contributed by atoms with Gasteiger partial charge in [-0.05, 0) is 39.2 Å². The summed E-state index contributed by atoms with van der Waals surface area (Å²) in [5.74, 6) is -0.681. The molecule has 1 aliphatic heterocycles. The van der Waals surface area contributed by atoms with Crippen molar-refractivity contribution < 1.29 is 14.5 Å². The average Bonchev–Trinajstić information content (AvgIpc) is 3.13. The third-order valence-corrected chi connectivity index (χ3v) is 5.81. The lowest BCUT2D eigenvalue weighted by Gasteiger charge is -2.36. The monoisotopic (exact) mass is 402 g/mol. The number of carbonyl (C=O) groups excluding carboxylic acids is 2. The number of nitrogens with zero attached hydrogens (tertiary/aromatic N) is 3. The summed E-state index contributed by atoms with van der Waals surface area (Å²) >= 11 is 1.55. The van der Waals surface area contributed by atoms with Crippen LogP contribution in [-0.2, 0) is 4.79 Å². The molecule has 0 saturated carbocycles. The predicted molar refractivity (Wildman–Crippen MR) is 105 cm³/mol. The molecular weight excluding hydrogens is 380 g/mol. The summed E-state index contributed by atoms with van der Waals surface area (Å²) in [6.07, 6.45) is 2.80. The normalized spacial score (nSPS) is 17.8. The number of benzene rings is 1. The van der Waals surface area contributed by atoms with Crippen LogP contribution in [0.4, 0.5) is 5.69 Å². The Morgan fingerprint density at radius 2 is 2.18 bits per heavy atom. The minimum atomic E-state index is -0.742. The minimum absolute atomic E-state index is 0.0721. The van der Waals surface area contributed by atoms with Crippen molar-refractivity contribution in [2.75, 3.05) is 6.54 Å². The number of rotatable bonds is 5. The second-order valence-electron chi connectivity index (χ2n) is 6.87. The van der Waals surface area contributed by atoms with Gasteiger partial charge in [0.25, 0.3) is 11.6 Å². The van der Waals surface area contributed by atoms with Crippen molar-refractivity contribution in [2.24, 2.45) is 0 Å². The highest BCUT2D eigenvalue weighted by molar-refractivity contribution is 7.09. The highest BCUT2D eigenvalue weighted by Crippen LogP contribution is 2.33. The number of carbonyl (C=O) groups is 2. The first-order chi connectivity index (χ1) is 13.4. The number of amides is 2. The lowest BCUT2D eigenvalue weighted by molar-refractivity contribution is -0.384. The minimum Gasteiger partial charge on any atom is -0.341 e. The molecule has 148 valence electrons. The van der Waals surface area contributed by atoms with Crippen molar-refractivity contribution in [3.63, 3.8) is 0 Å². The molecule has 8 nitrogen and oxygen atoms in total. The fraction of sp³-hybridized carbons (Fsp3) is 0.421. The van der Waals surface area contributed by atoms with E-state index in [4.69, 9.17) is 0 Å². The molecule has 2 heterocycles. The number of thiazole rings is 1. The van der Waals surface area contributed by atoms with E-state index >= 15 is 0 Å². The molecule has 3 rings (SSSR count). The van der Waals surface area contributed by atoms with E-state index in [1.165, 1.54) is 24.3 Å². The SMILES string of the molecule is Cc1csc([C@@H]2CCCCN2C(=O)[C@@H](C)NC(=O)c2cccc([N+](=O)[O-])c2)n1. The summed E-state index contributed by atoms with van der Waals surface area (Å²) in [4.78, 5) is 42.1. The number of hydrogen-bond donors (Lipinski definition) is 1. The lowest BCUT2D eigenvalue weighted by atomic mass is 10.0. The van der Waals surface area contributed by atoms with Gasteiger partial charge in [0.2, 0.25) is 5.91 Å². The number of non-ortho nitro benzene ring substituents is 1. The molecule has 1 aromatic heterocycles. The Labute approximate surface area is 166 Å². The van der Waals surface area contributed by atoms with Gasteiger partial charge in [-0.1, -0.05) is 6.07 Å². The van der Waals surface area contributed by atoms with E-state index < -0.39 is 16.9 Å². The Morgan fingerprint density at radius 3 is 2.86 bits per heavy atom. The molecule has 0 bridgehead atoms. The Hall–Kier alpha value is -2.81. The van der Waals surface area contributed by atoms with Gasteiger partial charge in [0.05, 0.1) is 11.0 Å². The van der Waals surface area contributed by atoms with Gasteiger partial charge < -0.3 is 10.2 Å². The quantitative estimate of drug-likeness (QED) is 0.610. The van der Waals surface area contributed by atoms with E-state index in [2.05, 4.69) is 10.3 Å². The summed E-state index contributed by atoms with van der Waals surface area (Å²) in [6.45, 7) is 4.19. The molecule has 0 radical (unpaired) electrons. The number of likely N-dealkylation sites (tertiary alicyclic amines) is 1. The third kappa shape index (κ3) is 4.36. The summed E-state index contributed by atoms with van der Waals surface area (Å²) < 4.78 is 0. The maximum absolute atomic E-state index is 13.0. The molecule has 2 atom stereocenters. The number of nitrogens with one attached hydrogen (secondary N) is 1. The van der Waals surface area contributed by atoms with Gasteiger partial charge in [0.1, 0.15) is 11.0 Å². The third-order valence-electron chi connectivity index (χ3n) is 4.74. The lowest BCUT2D eigenvalue weighted by Crippen LogP contribution is -2.49. The molecule has 2 amide bonds. The molecule has 1 fully saturated rings. The van der Waals surface area contributed by atoms with Gasteiger partial charge in [0, 0.05) is 35.3 Å². The van der Waals surface area contributed by atoms with Crippen LogP contribution in [0.3, 0.4) is 0 Å². The maximum atomic E-state index is 13.0. The zero-order chi connectivity index (χ0) is 20.3. The van der Waals surface area contributed by atoms with Crippen molar-refractivity contribution in [3.8, 4) is 0 Å². The van der Waals surface area contributed by atoms with Gasteiger partial charge in [-0.25, -0.2) is 4.98 Å². The molecule has 0 spiro atoms. The molecule has 28 heavy (non-hydrogen) atoms. The van der Waals surface area contributed by atoms with Gasteiger partial charge in [-0.3, -0.25) is 19.7 Å². The van der Waals surface area contributed by atoms with Gasteiger partial charge in [-0.15, -0.1) is 11.3 Å². The Bertz CT molecular complexity index is 898. The van der Waals surface area contributed by atoms with Gasteiger partial charge in [-0.2, -0.15) is 0 Å². The van der Waals surface area contributed by atoms with Gasteiger partial charge in [0.15, 0.2) is 0 Å². The molecular formula is C19H22N4O4S. The first-order valence-electron chi connectivity index (χ1n) is 9.14. The van der Waals surface area contributed by atoms with Crippen LogP contribution in [0.1, 0.15) is 53.3 Å². The van der Waals surface area contributed by atoms with E-state index in [1.807, 2.05) is 12.3 Å². The maximum Gasteiger partial charge on any atom is 0.270 e. The first kappa shape index (κ1) is 19.9. The summed E-state index contributed by atoms with van der Waals surface area (Å²) in [7, 11) is 0. The molecule has 0 aliphatic carbocycles. The fourth-order valence-corrected chi connectivity index (χ4v) is 4.27. The number of aryl methyl sites for hydroxylation is 1. The molecule has 1 aliphatic rings. The smallest absolute Gasteiger partial charge is 0.270 e. The Balaban J connectivity index is 1.71. The second-order valence-corrected chi connectivity index (χ2v) is 7.76. The predicted octanol–water partition coefficient (Wildman–Crippen LogP) is 3.23. The van der Waals surface area contributed by atoms with Crippen LogP contribution < -0.4 is 5.32 Å². The van der Waals surface area contributed by atoms with E-state index in [1.54, 1.807) is 23.2 Å². The molecule has 1 saturated heterocycles. The molecule has 1 aromatic carbocycles. The van der Waals surface area contributed by atoms with Crippen LogP contribution in [0.2, 0.25) is 0 Å². The molecule has 1 N–H and O–H groups in total. The standard InChI is InChI=1S/C19H22N4O4S/c1-12-11-28-18(20-12)16-8-3-4-9-22(16)19(25)13(2)21-17(24)14-6-5-7-15(10-14)23(26)27/h5-7,10-11,13,16H,3-4,8-9H2,1-2H3,(H,21,24)/t13-,16+/m1/s1. The van der Waals surface area contributed by atoms with Crippen molar-refractivity contribution in [1.29, 1.82) is 0 Å². The molecule has 9 heteroatoms. The van der Waals surface area contributed by atoms with Crippen LogP contribution in [0.25, 0.3) is 0 Å². The van der Waals surface area contributed by atoms with Crippen molar-refractivity contribution in [2.45, 2.75) is 45.2 Å². The van der Waals surface area contributed by atoms with Crippen LogP contribution in [0, 0.1) is 17.0 Å². The van der Waals surface area contributed by atoms with Gasteiger partial charge >= 0.3 is 0 Å². The Kier molecular flexibility index (Phi) is 6.03. The zero-order valence-electron chi connectivity index (χ0n) is 15.8. The Morgan fingerprint density at radius 1 is 1.39 bits per heavy atom. The number of hydrogen-bond acceptors (Lipinski definition) is 6. The zero-order valence-corrected chi connectivity index (χ0v) is 16.6. The van der Waals surface area contributed by atoms with Crippen molar-refractivity contribution in [3.05, 3.63) is 56.0 Å². The second kappa shape index (κ2) is 8.47. The highest BCUT2D eigenvalue weighted by atomic mass is 32.1. The van der Waals surface area contributed by atoms with E-state index in [-0.39, 0.29) is 23.2 Å². The van der Waals surface area contributed by atoms with Crippen LogP contribution in [0.15, 0.2) is 29.6 Å². The van der Waals surface area contributed by atoms with Crippen LogP contribution in [0.5, 0.6) is 0 Å². The fourth-order valence-electron chi connectivity index (χ4n) is 3.33. The van der Waals surface area contributed by atoms with E-state index in [0.717, 1.165) is 30.0 Å². The average molecular weight is 402 g/mol. The summed E-state index contributed by atoms with van der Waals surface area (Å²) in [6, 6.07) is 4.64. The van der Waals surface area contributed by atoms with E-state index in [9.17, 15) is 19.7 Å². The number of nitro groups is 1. The number of piperidine rings is 1. The van der Waals surface area contributed by atoms with Crippen molar-refractivity contribution >= 4 is 28.8 Å². The largest absolute Gasteiger partial charge is 0.341 e. The van der Waals surface area contributed by atoms with Crippen LogP contribution >= 0.6 is 11.3 Å². The highest BCUT2D eigenvalue weighted by Gasteiger charge is 2.33. The van der Waals surface area contributed by atoms with Crippen molar-refractivity contribution in [1.82, 2.24) is 15.2 Å². The summed E-state index contributed by atoms with van der Waals surface area (Å²) in [5, 5.41) is 16.5. The van der Waals surface area contributed by atoms with Crippen LogP contribution in [-0.4, -0.2) is 39.2 Å². The number of aromatic nitrogens is 1.